The highest BCUT2D eigenvalue weighted by Crippen LogP contribution is 2.19. The van der Waals surface area contributed by atoms with Crippen molar-refractivity contribution in [3.63, 3.8) is 0 Å². The molecule has 0 saturated heterocycles. The predicted octanol–water partition coefficient (Wildman–Crippen LogP) is 4.45. The summed E-state index contributed by atoms with van der Waals surface area (Å²) in [6.07, 6.45) is 6.49. The minimum Gasteiger partial charge on any atom is -0.310 e. The molecule has 0 aromatic carbocycles. The Morgan fingerprint density at radius 1 is 0.882 bits per heavy atom. The van der Waals surface area contributed by atoms with Crippen LogP contribution >= 0.6 is 0 Å². The van der Waals surface area contributed by atoms with Gasteiger partial charge in [0.05, 0.1) is 0 Å². The van der Waals surface area contributed by atoms with Gasteiger partial charge in [-0.3, -0.25) is 0 Å². The summed E-state index contributed by atoms with van der Waals surface area (Å²) in [4.78, 5) is 0. The molecule has 0 saturated carbocycles. The average molecular weight is 237 g/mol. The van der Waals surface area contributed by atoms with Gasteiger partial charge in [-0.1, -0.05) is 13.3 Å². The molecule has 0 aromatic rings. The van der Waals surface area contributed by atoms with Crippen LogP contribution in [0.15, 0.2) is 0 Å². The van der Waals surface area contributed by atoms with Crippen LogP contribution in [0.4, 0.5) is 0 Å². The SMILES string of the molecule is CCCCC(=N)C(CCC(C)=N)CCC(C)=N. The molecule has 0 atom stereocenters. The molecule has 3 nitrogen and oxygen atoms in total. The van der Waals surface area contributed by atoms with Gasteiger partial charge in [-0.05, 0) is 58.3 Å². The molecule has 0 spiro atoms. The molecular weight excluding hydrogens is 210 g/mol. The Bertz CT molecular complexity index is 251. The molecule has 0 amide bonds. The zero-order valence-electron chi connectivity index (χ0n) is 11.5. The zero-order chi connectivity index (χ0) is 13.3. The Labute approximate surface area is 106 Å². The maximum Gasteiger partial charge on any atom is 0.0120 e. The maximum absolute atomic E-state index is 8.10. The van der Waals surface area contributed by atoms with E-state index in [2.05, 4.69) is 6.92 Å². The van der Waals surface area contributed by atoms with Crippen molar-refractivity contribution in [2.24, 2.45) is 5.92 Å². The lowest BCUT2D eigenvalue weighted by molar-refractivity contribution is 0.583. The number of hydrogen-bond donors (Lipinski definition) is 3. The summed E-state index contributed by atoms with van der Waals surface area (Å²) in [6, 6.07) is 0. The Morgan fingerprint density at radius 2 is 1.35 bits per heavy atom. The van der Waals surface area contributed by atoms with E-state index in [4.69, 9.17) is 16.2 Å². The first-order valence-electron chi connectivity index (χ1n) is 6.62. The Morgan fingerprint density at radius 3 is 1.71 bits per heavy atom. The van der Waals surface area contributed by atoms with Gasteiger partial charge < -0.3 is 16.2 Å². The fourth-order valence-corrected chi connectivity index (χ4v) is 1.85. The van der Waals surface area contributed by atoms with Crippen LogP contribution in [0.3, 0.4) is 0 Å². The first kappa shape index (κ1) is 16.0. The Kier molecular flexibility index (Phi) is 8.55. The van der Waals surface area contributed by atoms with E-state index in [0.29, 0.717) is 11.4 Å². The molecule has 17 heavy (non-hydrogen) atoms. The lowest BCUT2D eigenvalue weighted by atomic mass is 9.88. The summed E-state index contributed by atoms with van der Waals surface area (Å²) in [5.41, 5.74) is 2.23. The number of nitrogens with one attached hydrogen (secondary N) is 3. The Hall–Kier alpha value is -0.990. The van der Waals surface area contributed by atoms with E-state index in [1.54, 1.807) is 0 Å². The third-order valence-corrected chi connectivity index (χ3v) is 3.03. The molecule has 0 bridgehead atoms. The van der Waals surface area contributed by atoms with Crippen molar-refractivity contribution < 1.29 is 0 Å². The molecular formula is C14H27N3. The van der Waals surface area contributed by atoms with Gasteiger partial charge >= 0.3 is 0 Å². The van der Waals surface area contributed by atoms with Crippen LogP contribution in [0, 0.1) is 22.1 Å². The van der Waals surface area contributed by atoms with Gasteiger partial charge in [-0.15, -0.1) is 0 Å². The van der Waals surface area contributed by atoms with Crippen LogP contribution in [0.25, 0.3) is 0 Å². The van der Waals surface area contributed by atoms with Gasteiger partial charge in [0, 0.05) is 17.1 Å². The fraction of sp³-hybridized carbons (Fsp3) is 0.786. The van der Waals surface area contributed by atoms with E-state index in [9.17, 15) is 0 Å². The standard InChI is InChI=1S/C14H27N3/c1-4-5-6-14(17)13(9-7-11(2)15)10-8-12(3)16/h13,15-17H,4-10H2,1-3H3. The molecule has 3 N–H and O–H groups in total. The van der Waals surface area contributed by atoms with Crippen LogP contribution in [0.5, 0.6) is 0 Å². The van der Waals surface area contributed by atoms with Gasteiger partial charge in [0.15, 0.2) is 0 Å². The van der Waals surface area contributed by atoms with E-state index < -0.39 is 0 Å². The summed E-state index contributed by atoms with van der Waals surface area (Å²) in [5.74, 6) is 0.280. The van der Waals surface area contributed by atoms with Gasteiger partial charge in [0.25, 0.3) is 0 Å². The van der Waals surface area contributed by atoms with Gasteiger partial charge in [-0.25, -0.2) is 0 Å². The van der Waals surface area contributed by atoms with Crippen molar-refractivity contribution in [2.75, 3.05) is 0 Å². The molecule has 0 aliphatic rings. The van der Waals surface area contributed by atoms with Gasteiger partial charge in [0.1, 0.15) is 0 Å². The molecule has 0 radical (unpaired) electrons. The van der Waals surface area contributed by atoms with Crippen molar-refractivity contribution in [1.82, 2.24) is 0 Å². The minimum atomic E-state index is 0.280. The largest absolute Gasteiger partial charge is 0.310 e. The summed E-state index contributed by atoms with van der Waals surface area (Å²) in [5, 5.41) is 23.0. The minimum absolute atomic E-state index is 0.280. The lowest BCUT2D eigenvalue weighted by Gasteiger charge is -2.17. The van der Waals surface area contributed by atoms with E-state index >= 15 is 0 Å². The normalized spacial score (nSPS) is 12.2. The summed E-state index contributed by atoms with van der Waals surface area (Å²) >= 11 is 0. The van der Waals surface area contributed by atoms with Gasteiger partial charge in [-0.2, -0.15) is 0 Å². The second kappa shape index (κ2) is 9.08. The first-order valence-corrected chi connectivity index (χ1v) is 6.62. The molecule has 0 fully saturated rings. The molecule has 3 heteroatoms. The monoisotopic (exact) mass is 237 g/mol. The second-order valence-electron chi connectivity index (χ2n) is 4.96. The van der Waals surface area contributed by atoms with Gasteiger partial charge in [0.2, 0.25) is 0 Å². The Balaban J connectivity index is 4.21. The molecule has 0 aliphatic carbocycles. The van der Waals surface area contributed by atoms with Crippen LogP contribution in [-0.4, -0.2) is 17.1 Å². The molecule has 0 rings (SSSR count). The zero-order valence-corrected chi connectivity index (χ0v) is 11.5. The molecule has 0 unspecified atom stereocenters. The fourth-order valence-electron chi connectivity index (χ4n) is 1.85. The summed E-state index contributed by atoms with van der Waals surface area (Å²) in [7, 11) is 0. The van der Waals surface area contributed by atoms with Crippen LogP contribution in [0.2, 0.25) is 0 Å². The number of rotatable bonds is 10. The smallest absolute Gasteiger partial charge is 0.0120 e. The molecule has 0 aromatic heterocycles. The third kappa shape index (κ3) is 8.78. The molecule has 98 valence electrons. The quantitative estimate of drug-likeness (QED) is 0.470. The highest BCUT2D eigenvalue weighted by atomic mass is 14.5. The van der Waals surface area contributed by atoms with Crippen LogP contribution in [-0.2, 0) is 0 Å². The number of unbranched alkanes of at least 4 members (excludes halogenated alkanes) is 1. The topological polar surface area (TPSA) is 71.6 Å². The van der Waals surface area contributed by atoms with E-state index in [1.165, 1.54) is 0 Å². The van der Waals surface area contributed by atoms with E-state index in [1.807, 2.05) is 13.8 Å². The molecule has 0 heterocycles. The molecule has 0 aliphatic heterocycles. The predicted molar refractivity (Wildman–Crippen MR) is 76.0 cm³/mol. The van der Waals surface area contributed by atoms with Crippen LogP contribution < -0.4 is 0 Å². The van der Waals surface area contributed by atoms with Crippen molar-refractivity contribution in [2.45, 2.75) is 65.7 Å². The highest BCUT2D eigenvalue weighted by molar-refractivity contribution is 5.86. The van der Waals surface area contributed by atoms with E-state index in [-0.39, 0.29) is 5.92 Å². The van der Waals surface area contributed by atoms with E-state index in [0.717, 1.165) is 50.7 Å². The first-order chi connectivity index (χ1) is 7.97. The highest BCUT2D eigenvalue weighted by Gasteiger charge is 2.14. The van der Waals surface area contributed by atoms with Crippen molar-refractivity contribution in [3.8, 4) is 0 Å². The third-order valence-electron chi connectivity index (χ3n) is 3.03. The average Bonchev–Trinajstić information content (AvgIpc) is 2.25. The summed E-state index contributed by atoms with van der Waals surface area (Å²) in [6.45, 7) is 5.80. The van der Waals surface area contributed by atoms with Crippen molar-refractivity contribution in [1.29, 1.82) is 16.2 Å². The van der Waals surface area contributed by atoms with Crippen molar-refractivity contribution >= 4 is 17.1 Å². The number of hydrogen-bond acceptors (Lipinski definition) is 3. The van der Waals surface area contributed by atoms with Crippen LogP contribution in [0.1, 0.15) is 65.7 Å². The maximum atomic E-state index is 8.10. The second-order valence-corrected chi connectivity index (χ2v) is 4.96. The lowest BCUT2D eigenvalue weighted by Crippen LogP contribution is -2.16. The van der Waals surface area contributed by atoms with Crippen molar-refractivity contribution in [3.05, 3.63) is 0 Å². The summed E-state index contributed by atoms with van der Waals surface area (Å²) < 4.78 is 0.